The van der Waals surface area contributed by atoms with E-state index in [0.29, 0.717) is 45.2 Å². The number of fused-ring (bicyclic) bond motifs is 1. The Morgan fingerprint density at radius 3 is 2.81 bits per heavy atom. The van der Waals surface area contributed by atoms with Crippen LogP contribution >= 0.6 is 0 Å². The van der Waals surface area contributed by atoms with Crippen molar-refractivity contribution in [1.82, 2.24) is 10.2 Å². The van der Waals surface area contributed by atoms with E-state index in [2.05, 4.69) is 10.2 Å². The van der Waals surface area contributed by atoms with Crippen molar-refractivity contribution in [2.45, 2.75) is 25.0 Å². The molecule has 6 nitrogen and oxygen atoms in total. The summed E-state index contributed by atoms with van der Waals surface area (Å²) in [7, 11) is 1.67. The normalized spacial score (nSPS) is 26.1. The van der Waals surface area contributed by atoms with Crippen LogP contribution in [0.1, 0.15) is 12.8 Å². The van der Waals surface area contributed by atoms with E-state index < -0.39 is 0 Å². The average Bonchev–Trinajstić information content (AvgIpc) is 2.97. The maximum Gasteiger partial charge on any atom is 0.0827 e. The van der Waals surface area contributed by atoms with Crippen LogP contribution in [0.25, 0.3) is 0 Å². The summed E-state index contributed by atoms with van der Waals surface area (Å²) in [5.41, 5.74) is 0. The van der Waals surface area contributed by atoms with E-state index in [1.165, 1.54) is 19.4 Å². The lowest BCUT2D eigenvalue weighted by Crippen LogP contribution is -2.49. The molecular weight excluding hydrogens is 272 g/mol. The molecule has 0 aromatic carbocycles. The topological polar surface area (TPSA) is 52.2 Å². The van der Waals surface area contributed by atoms with Crippen LogP contribution in [0.2, 0.25) is 0 Å². The van der Waals surface area contributed by atoms with Gasteiger partial charge in [0.2, 0.25) is 0 Å². The van der Waals surface area contributed by atoms with Crippen molar-refractivity contribution < 1.29 is 18.9 Å². The lowest BCUT2D eigenvalue weighted by molar-refractivity contribution is -0.0475. The van der Waals surface area contributed by atoms with Crippen molar-refractivity contribution in [3.05, 3.63) is 0 Å². The van der Waals surface area contributed by atoms with Crippen LogP contribution < -0.4 is 5.32 Å². The van der Waals surface area contributed by atoms with Gasteiger partial charge in [0.05, 0.1) is 45.7 Å². The summed E-state index contributed by atoms with van der Waals surface area (Å²) in [6.07, 6.45) is 2.96. The molecule has 1 N–H and O–H groups in total. The third-order valence-electron chi connectivity index (χ3n) is 4.06. The minimum absolute atomic E-state index is 0.330. The molecule has 0 saturated carbocycles. The Balaban J connectivity index is 1.37. The van der Waals surface area contributed by atoms with Gasteiger partial charge in [-0.25, -0.2) is 0 Å². The molecule has 6 heteroatoms. The Bertz CT molecular complexity index is 268. The number of hydrogen-bond acceptors (Lipinski definition) is 6. The van der Waals surface area contributed by atoms with E-state index >= 15 is 0 Å². The van der Waals surface area contributed by atoms with Crippen LogP contribution in [0.15, 0.2) is 0 Å². The molecule has 0 aliphatic carbocycles. The number of hydrogen-bond donors (Lipinski definition) is 1. The first-order chi connectivity index (χ1) is 10.4. The molecular formula is C15H30N2O4. The van der Waals surface area contributed by atoms with E-state index in [1.54, 1.807) is 7.11 Å². The third kappa shape index (κ3) is 6.59. The lowest BCUT2D eigenvalue weighted by Gasteiger charge is -2.35. The van der Waals surface area contributed by atoms with Crippen molar-refractivity contribution in [3.63, 3.8) is 0 Å². The molecule has 124 valence electrons. The molecule has 0 bridgehead atoms. The number of nitrogens with one attached hydrogen (secondary N) is 1. The Kier molecular flexibility index (Phi) is 8.54. The zero-order valence-electron chi connectivity index (χ0n) is 13.2. The van der Waals surface area contributed by atoms with Crippen molar-refractivity contribution in [2.24, 2.45) is 0 Å². The highest BCUT2D eigenvalue weighted by molar-refractivity contribution is 4.85. The van der Waals surface area contributed by atoms with Crippen LogP contribution in [0.3, 0.4) is 0 Å². The molecule has 0 spiro atoms. The Hall–Kier alpha value is -0.240. The van der Waals surface area contributed by atoms with Gasteiger partial charge in [-0.2, -0.15) is 0 Å². The maximum atomic E-state index is 5.90. The molecule has 0 aromatic heterocycles. The number of rotatable bonds is 11. The first-order valence-corrected chi connectivity index (χ1v) is 8.11. The molecule has 2 aliphatic heterocycles. The predicted octanol–water partition coefficient (Wildman–Crippen LogP) is 0.119. The third-order valence-corrected chi connectivity index (χ3v) is 4.06. The van der Waals surface area contributed by atoms with Crippen LogP contribution in [0.5, 0.6) is 0 Å². The molecule has 2 atom stereocenters. The van der Waals surface area contributed by atoms with Gasteiger partial charge in [-0.05, 0) is 19.4 Å². The summed E-state index contributed by atoms with van der Waals surface area (Å²) in [6.45, 7) is 8.26. The number of nitrogens with zero attached hydrogens (tertiary/aromatic N) is 1. The number of morpholine rings is 1. The highest BCUT2D eigenvalue weighted by Gasteiger charge is 2.31. The first-order valence-electron chi connectivity index (χ1n) is 8.11. The Labute approximate surface area is 128 Å². The number of ether oxygens (including phenoxy) is 4. The van der Waals surface area contributed by atoms with Gasteiger partial charge in [0.1, 0.15) is 0 Å². The van der Waals surface area contributed by atoms with Gasteiger partial charge < -0.3 is 24.3 Å². The largest absolute Gasteiger partial charge is 0.382 e. The van der Waals surface area contributed by atoms with Gasteiger partial charge in [0.25, 0.3) is 0 Å². The highest BCUT2D eigenvalue weighted by Crippen LogP contribution is 2.22. The summed E-state index contributed by atoms with van der Waals surface area (Å²) < 4.78 is 21.6. The zero-order chi connectivity index (χ0) is 14.8. The molecule has 2 rings (SSSR count). The van der Waals surface area contributed by atoms with Gasteiger partial charge in [-0.3, -0.25) is 4.90 Å². The van der Waals surface area contributed by atoms with Gasteiger partial charge in [-0.1, -0.05) is 0 Å². The Morgan fingerprint density at radius 1 is 1.14 bits per heavy atom. The molecule has 0 aromatic rings. The summed E-state index contributed by atoms with van der Waals surface area (Å²) >= 11 is 0. The Morgan fingerprint density at radius 2 is 1.95 bits per heavy atom. The first kappa shape index (κ1) is 17.1. The van der Waals surface area contributed by atoms with Crippen LogP contribution in [-0.2, 0) is 18.9 Å². The molecule has 21 heavy (non-hydrogen) atoms. The minimum atomic E-state index is 0.330. The van der Waals surface area contributed by atoms with Gasteiger partial charge >= 0.3 is 0 Å². The van der Waals surface area contributed by atoms with E-state index in [-0.39, 0.29) is 0 Å². The van der Waals surface area contributed by atoms with Crippen molar-refractivity contribution in [2.75, 3.05) is 72.9 Å². The van der Waals surface area contributed by atoms with Crippen molar-refractivity contribution in [1.29, 1.82) is 0 Å². The highest BCUT2D eigenvalue weighted by atomic mass is 16.5. The molecule has 2 heterocycles. The molecule has 2 saturated heterocycles. The summed E-state index contributed by atoms with van der Waals surface area (Å²) in [5.74, 6) is 0. The molecule has 2 fully saturated rings. The summed E-state index contributed by atoms with van der Waals surface area (Å²) in [5, 5.41) is 3.41. The molecule has 2 unspecified atom stereocenters. The van der Waals surface area contributed by atoms with E-state index in [1.807, 2.05) is 0 Å². The van der Waals surface area contributed by atoms with Crippen LogP contribution in [0.4, 0.5) is 0 Å². The van der Waals surface area contributed by atoms with Crippen molar-refractivity contribution in [3.8, 4) is 0 Å². The minimum Gasteiger partial charge on any atom is -0.382 e. The molecule has 0 radical (unpaired) electrons. The van der Waals surface area contributed by atoms with Gasteiger partial charge in [0.15, 0.2) is 0 Å². The quantitative estimate of drug-likeness (QED) is 0.547. The van der Waals surface area contributed by atoms with E-state index in [9.17, 15) is 0 Å². The summed E-state index contributed by atoms with van der Waals surface area (Å²) in [6, 6.07) is 0.683. The van der Waals surface area contributed by atoms with Crippen LogP contribution in [-0.4, -0.2) is 90.0 Å². The fourth-order valence-corrected chi connectivity index (χ4v) is 2.88. The van der Waals surface area contributed by atoms with E-state index in [0.717, 1.165) is 26.2 Å². The SMILES string of the molecule is COCCOCCOCCNCC1CN2CCCC2CO1. The number of methoxy groups -OCH3 is 1. The fourth-order valence-electron chi connectivity index (χ4n) is 2.88. The summed E-state index contributed by atoms with van der Waals surface area (Å²) in [4.78, 5) is 2.57. The second-order valence-corrected chi connectivity index (χ2v) is 5.67. The zero-order valence-corrected chi connectivity index (χ0v) is 13.2. The average molecular weight is 302 g/mol. The standard InChI is InChI=1S/C15H30N2O4/c1-18-7-8-20-10-9-19-6-4-16-11-15-12-17-5-2-3-14(17)13-21-15/h14-16H,2-13H2,1H3. The monoisotopic (exact) mass is 302 g/mol. The fraction of sp³-hybridized carbons (Fsp3) is 1.00. The van der Waals surface area contributed by atoms with Gasteiger partial charge in [-0.15, -0.1) is 0 Å². The predicted molar refractivity (Wildman–Crippen MR) is 80.7 cm³/mol. The lowest BCUT2D eigenvalue weighted by atomic mass is 10.2. The van der Waals surface area contributed by atoms with E-state index in [4.69, 9.17) is 18.9 Å². The van der Waals surface area contributed by atoms with Crippen LogP contribution in [0, 0.1) is 0 Å². The maximum absolute atomic E-state index is 5.90. The molecule has 2 aliphatic rings. The van der Waals surface area contributed by atoms with Crippen molar-refractivity contribution >= 4 is 0 Å². The van der Waals surface area contributed by atoms with Gasteiger partial charge in [0, 0.05) is 32.8 Å². The second-order valence-electron chi connectivity index (χ2n) is 5.67. The smallest absolute Gasteiger partial charge is 0.0827 e. The molecule has 0 amide bonds. The second kappa shape index (κ2) is 10.5.